The molecule has 40 heavy (non-hydrogen) atoms. The van der Waals surface area contributed by atoms with Crippen molar-refractivity contribution in [3.05, 3.63) is 63.6 Å². The van der Waals surface area contributed by atoms with Crippen LogP contribution >= 0.6 is 23.2 Å². The van der Waals surface area contributed by atoms with E-state index in [-0.39, 0.29) is 28.9 Å². The van der Waals surface area contributed by atoms with Crippen molar-refractivity contribution >= 4 is 45.0 Å². The van der Waals surface area contributed by atoms with E-state index in [2.05, 4.69) is 10.6 Å². The quantitative estimate of drug-likeness (QED) is 0.302. The van der Waals surface area contributed by atoms with Crippen molar-refractivity contribution in [3.8, 4) is 0 Å². The number of sulfonamides is 1. The van der Waals surface area contributed by atoms with Crippen LogP contribution in [-0.2, 0) is 26.0 Å². The van der Waals surface area contributed by atoms with Crippen molar-refractivity contribution in [2.75, 3.05) is 52.4 Å². The van der Waals surface area contributed by atoms with E-state index < -0.39 is 22.5 Å². The summed E-state index contributed by atoms with van der Waals surface area (Å²) in [5.41, 5.74) is 7.04. The van der Waals surface area contributed by atoms with Crippen molar-refractivity contribution < 1.29 is 18.0 Å². The SMILES string of the molecule is Cc1c(Cl)ccc(S(=O)(=O)N(CCc2ccccc2)CC(=O)NCC(=O)N(CCCN)CC2CCNCC2)c1Cl. The van der Waals surface area contributed by atoms with Crippen LogP contribution in [0.4, 0.5) is 0 Å². The fourth-order valence-corrected chi connectivity index (χ4v) is 6.82. The van der Waals surface area contributed by atoms with Crippen LogP contribution in [0.1, 0.15) is 30.4 Å². The lowest BCUT2D eigenvalue weighted by atomic mass is 9.97. The van der Waals surface area contributed by atoms with Crippen molar-refractivity contribution in [1.29, 1.82) is 0 Å². The van der Waals surface area contributed by atoms with Crippen LogP contribution in [-0.4, -0.2) is 81.8 Å². The second-order valence-corrected chi connectivity index (χ2v) is 12.7. The molecular formula is C28H39Cl2N5O4S. The van der Waals surface area contributed by atoms with E-state index >= 15 is 0 Å². The first-order valence-corrected chi connectivity index (χ1v) is 15.8. The molecule has 0 radical (unpaired) electrons. The van der Waals surface area contributed by atoms with Gasteiger partial charge in [0.05, 0.1) is 18.1 Å². The Balaban J connectivity index is 1.71. The van der Waals surface area contributed by atoms with E-state index in [9.17, 15) is 18.0 Å². The van der Waals surface area contributed by atoms with Crippen LogP contribution in [0.25, 0.3) is 0 Å². The molecule has 2 aromatic carbocycles. The van der Waals surface area contributed by atoms with Gasteiger partial charge in [-0.25, -0.2) is 8.42 Å². The lowest BCUT2D eigenvalue weighted by Gasteiger charge is -2.30. The van der Waals surface area contributed by atoms with Crippen LogP contribution in [0.2, 0.25) is 10.0 Å². The van der Waals surface area contributed by atoms with Gasteiger partial charge < -0.3 is 21.3 Å². The molecule has 0 aromatic heterocycles. The predicted octanol–water partition coefficient (Wildman–Crippen LogP) is 2.83. The standard InChI is InChI=1S/C28H39Cl2N5O4S/c1-21-24(29)8-9-25(28(21)30)40(38,39)35(17-12-22-6-3-2-4-7-22)20-26(36)33-18-27(37)34(16-5-13-31)19-23-10-14-32-15-11-23/h2-4,6-9,23,32H,5,10-20,31H2,1H3,(H,33,36). The van der Waals surface area contributed by atoms with Gasteiger partial charge >= 0.3 is 0 Å². The van der Waals surface area contributed by atoms with Gasteiger partial charge in [0, 0.05) is 24.7 Å². The fourth-order valence-electron chi connectivity index (χ4n) is 4.64. The number of carbonyl (C=O) groups is 2. The highest BCUT2D eigenvalue weighted by molar-refractivity contribution is 7.89. The van der Waals surface area contributed by atoms with E-state index in [0.29, 0.717) is 49.0 Å². The van der Waals surface area contributed by atoms with Gasteiger partial charge in [0.25, 0.3) is 0 Å². The number of amides is 2. The van der Waals surface area contributed by atoms with Gasteiger partial charge in [0.2, 0.25) is 21.8 Å². The lowest BCUT2D eigenvalue weighted by molar-refractivity contribution is -0.133. The van der Waals surface area contributed by atoms with E-state index in [1.54, 1.807) is 11.8 Å². The smallest absolute Gasteiger partial charge is 0.245 e. The highest BCUT2D eigenvalue weighted by Crippen LogP contribution is 2.32. The summed E-state index contributed by atoms with van der Waals surface area (Å²) in [4.78, 5) is 27.7. The molecule has 9 nitrogen and oxygen atoms in total. The highest BCUT2D eigenvalue weighted by Gasteiger charge is 2.30. The molecule has 12 heteroatoms. The van der Waals surface area contributed by atoms with Crippen LogP contribution in [0.3, 0.4) is 0 Å². The Morgan fingerprint density at radius 1 is 1.07 bits per heavy atom. The van der Waals surface area contributed by atoms with Gasteiger partial charge in [-0.3, -0.25) is 9.59 Å². The van der Waals surface area contributed by atoms with Gasteiger partial charge in [0.1, 0.15) is 4.90 Å². The summed E-state index contributed by atoms with van der Waals surface area (Å²) in [5.74, 6) is -0.396. The molecule has 0 bridgehead atoms. The van der Waals surface area contributed by atoms with Crippen LogP contribution in [0.15, 0.2) is 47.4 Å². The molecular weight excluding hydrogens is 573 g/mol. The zero-order valence-electron chi connectivity index (χ0n) is 22.9. The van der Waals surface area contributed by atoms with Gasteiger partial charge in [0.15, 0.2) is 0 Å². The van der Waals surface area contributed by atoms with E-state index in [0.717, 1.165) is 35.8 Å². The molecule has 4 N–H and O–H groups in total. The van der Waals surface area contributed by atoms with Crippen LogP contribution < -0.4 is 16.4 Å². The molecule has 1 fully saturated rings. The Bertz CT molecular complexity index is 1240. The average molecular weight is 613 g/mol. The Morgan fingerprint density at radius 2 is 1.77 bits per heavy atom. The zero-order valence-corrected chi connectivity index (χ0v) is 25.2. The summed E-state index contributed by atoms with van der Waals surface area (Å²) in [5, 5.41) is 6.32. The molecule has 1 heterocycles. The second kappa shape index (κ2) is 15.7. The number of carbonyl (C=O) groups excluding carboxylic acids is 2. The summed E-state index contributed by atoms with van der Waals surface area (Å²) >= 11 is 12.5. The minimum absolute atomic E-state index is 0.0151. The Hall–Kier alpha value is -2.21. The maximum absolute atomic E-state index is 13.7. The van der Waals surface area contributed by atoms with Gasteiger partial charge in [-0.15, -0.1) is 0 Å². The summed E-state index contributed by atoms with van der Waals surface area (Å²) < 4.78 is 28.5. The second-order valence-electron chi connectivity index (χ2n) is 10.0. The van der Waals surface area contributed by atoms with Gasteiger partial charge in [-0.05, 0) is 81.4 Å². The molecule has 0 aliphatic carbocycles. The molecule has 0 saturated carbocycles. The van der Waals surface area contributed by atoms with Crippen molar-refractivity contribution in [2.24, 2.45) is 11.7 Å². The molecule has 1 saturated heterocycles. The van der Waals surface area contributed by atoms with E-state index in [1.807, 2.05) is 30.3 Å². The van der Waals surface area contributed by atoms with E-state index in [1.165, 1.54) is 12.1 Å². The first-order valence-electron chi connectivity index (χ1n) is 13.6. The van der Waals surface area contributed by atoms with Crippen molar-refractivity contribution in [2.45, 2.75) is 37.5 Å². The molecule has 2 aromatic rings. The number of hydrogen-bond donors (Lipinski definition) is 3. The molecule has 1 aliphatic heterocycles. The molecule has 1 aliphatic rings. The summed E-state index contributed by atoms with van der Waals surface area (Å²) in [6.45, 7) is 4.43. The van der Waals surface area contributed by atoms with Gasteiger partial charge in [-0.2, -0.15) is 4.31 Å². The Kier molecular flexibility index (Phi) is 12.7. The third kappa shape index (κ3) is 9.15. The molecule has 0 unspecified atom stereocenters. The molecule has 0 atom stereocenters. The number of nitrogens with one attached hydrogen (secondary N) is 2. The molecule has 0 spiro atoms. The Morgan fingerprint density at radius 3 is 2.45 bits per heavy atom. The predicted molar refractivity (Wildman–Crippen MR) is 159 cm³/mol. The maximum Gasteiger partial charge on any atom is 0.245 e. The largest absolute Gasteiger partial charge is 0.346 e. The third-order valence-corrected chi connectivity index (χ3v) is 9.97. The number of halogens is 2. The number of nitrogens with zero attached hydrogens (tertiary/aromatic N) is 2. The monoisotopic (exact) mass is 611 g/mol. The minimum Gasteiger partial charge on any atom is -0.346 e. The van der Waals surface area contributed by atoms with Gasteiger partial charge in [-0.1, -0.05) is 53.5 Å². The average Bonchev–Trinajstić information content (AvgIpc) is 2.95. The highest BCUT2D eigenvalue weighted by atomic mass is 35.5. The first kappa shape index (κ1) is 32.3. The number of rotatable bonds is 14. The minimum atomic E-state index is -4.16. The Labute approximate surface area is 247 Å². The normalized spacial score (nSPS) is 14.3. The third-order valence-electron chi connectivity index (χ3n) is 7.07. The molecule has 220 valence electrons. The molecule has 3 rings (SSSR count). The maximum atomic E-state index is 13.7. The molecule has 2 amide bonds. The number of hydrogen-bond acceptors (Lipinski definition) is 6. The van der Waals surface area contributed by atoms with E-state index in [4.69, 9.17) is 28.9 Å². The van der Waals surface area contributed by atoms with Crippen LogP contribution in [0.5, 0.6) is 0 Å². The van der Waals surface area contributed by atoms with Crippen LogP contribution in [0, 0.1) is 12.8 Å². The fraction of sp³-hybridized carbons (Fsp3) is 0.500. The first-order chi connectivity index (χ1) is 19.1. The number of nitrogens with two attached hydrogens (primary N) is 1. The van der Waals surface area contributed by atoms with Crippen molar-refractivity contribution in [1.82, 2.24) is 19.8 Å². The summed E-state index contributed by atoms with van der Waals surface area (Å²) in [6.07, 6.45) is 3.02. The topological polar surface area (TPSA) is 125 Å². The number of piperidine rings is 1. The summed E-state index contributed by atoms with van der Waals surface area (Å²) in [6, 6.07) is 12.2. The number of benzene rings is 2. The van der Waals surface area contributed by atoms with Crippen molar-refractivity contribution in [3.63, 3.8) is 0 Å². The lowest BCUT2D eigenvalue weighted by Crippen LogP contribution is -2.47. The zero-order chi connectivity index (χ0) is 29.1. The summed E-state index contributed by atoms with van der Waals surface area (Å²) in [7, 11) is -4.16.